The molecule has 1 aliphatic heterocycles. The molecule has 108 valence electrons. The first-order chi connectivity index (χ1) is 9.66. The van der Waals surface area contributed by atoms with Crippen molar-refractivity contribution >= 4 is 5.91 Å². The predicted octanol–water partition coefficient (Wildman–Crippen LogP) is 2.79. The van der Waals surface area contributed by atoms with Crippen LogP contribution in [0.4, 0.5) is 0 Å². The maximum Gasteiger partial charge on any atom is 0.226 e. The predicted molar refractivity (Wildman–Crippen MR) is 80.2 cm³/mol. The molecule has 1 heterocycles. The molecule has 1 aromatic carbocycles. The van der Waals surface area contributed by atoms with Gasteiger partial charge in [0.1, 0.15) is 0 Å². The standard InChI is InChI=1S/C17H24N2O/c1-12-5-2-3-6-15(12)16-7-4-10-19(16)17(20)13-8-9-14(18)11-13/h2-3,5-6,13-14,16H,4,7-11,18H2,1H3/t13-,14-,16-/m0/s1. The Morgan fingerprint density at radius 3 is 2.75 bits per heavy atom. The van der Waals surface area contributed by atoms with Crippen molar-refractivity contribution in [2.24, 2.45) is 11.7 Å². The molecule has 3 rings (SSSR count). The van der Waals surface area contributed by atoms with Crippen LogP contribution in [-0.4, -0.2) is 23.4 Å². The lowest BCUT2D eigenvalue weighted by molar-refractivity contribution is -0.136. The quantitative estimate of drug-likeness (QED) is 0.900. The zero-order valence-electron chi connectivity index (χ0n) is 12.2. The second-order valence-corrected chi connectivity index (χ2v) is 6.32. The van der Waals surface area contributed by atoms with Crippen LogP contribution in [0.3, 0.4) is 0 Å². The largest absolute Gasteiger partial charge is 0.335 e. The van der Waals surface area contributed by atoms with Gasteiger partial charge in [-0.15, -0.1) is 0 Å². The van der Waals surface area contributed by atoms with Crippen LogP contribution in [0, 0.1) is 12.8 Å². The van der Waals surface area contributed by atoms with Gasteiger partial charge in [-0.1, -0.05) is 24.3 Å². The molecule has 0 radical (unpaired) electrons. The van der Waals surface area contributed by atoms with Gasteiger partial charge in [0, 0.05) is 18.5 Å². The number of carbonyl (C=O) groups is 1. The van der Waals surface area contributed by atoms with Crippen LogP contribution in [0.15, 0.2) is 24.3 Å². The summed E-state index contributed by atoms with van der Waals surface area (Å²) in [6, 6.07) is 8.96. The molecule has 20 heavy (non-hydrogen) atoms. The molecule has 3 heteroatoms. The van der Waals surface area contributed by atoms with E-state index in [1.807, 2.05) is 0 Å². The minimum absolute atomic E-state index is 0.162. The van der Waals surface area contributed by atoms with E-state index < -0.39 is 0 Å². The fraction of sp³-hybridized carbons (Fsp3) is 0.588. The number of likely N-dealkylation sites (tertiary alicyclic amines) is 1. The molecule has 3 atom stereocenters. The molecule has 0 aromatic heterocycles. The highest BCUT2D eigenvalue weighted by molar-refractivity contribution is 5.80. The number of hydrogen-bond acceptors (Lipinski definition) is 2. The summed E-state index contributed by atoms with van der Waals surface area (Å²) in [5.74, 6) is 0.498. The summed E-state index contributed by atoms with van der Waals surface area (Å²) in [4.78, 5) is 14.9. The summed E-state index contributed by atoms with van der Waals surface area (Å²) in [6.45, 7) is 3.05. The van der Waals surface area contributed by atoms with E-state index in [1.165, 1.54) is 11.1 Å². The number of rotatable bonds is 2. The maximum atomic E-state index is 12.8. The van der Waals surface area contributed by atoms with E-state index in [-0.39, 0.29) is 18.0 Å². The number of benzene rings is 1. The summed E-state index contributed by atoms with van der Waals surface area (Å²) in [5.41, 5.74) is 8.57. The highest BCUT2D eigenvalue weighted by atomic mass is 16.2. The summed E-state index contributed by atoms with van der Waals surface area (Å²) in [7, 11) is 0. The lowest BCUT2D eigenvalue weighted by Crippen LogP contribution is -2.35. The van der Waals surface area contributed by atoms with Crippen LogP contribution in [0.1, 0.15) is 49.3 Å². The highest BCUT2D eigenvalue weighted by Gasteiger charge is 2.37. The Balaban J connectivity index is 1.79. The third-order valence-corrected chi connectivity index (χ3v) is 4.91. The van der Waals surface area contributed by atoms with E-state index in [0.717, 1.165) is 38.6 Å². The van der Waals surface area contributed by atoms with Crippen LogP contribution in [0.25, 0.3) is 0 Å². The number of nitrogens with zero attached hydrogens (tertiary/aromatic N) is 1. The van der Waals surface area contributed by atoms with Gasteiger partial charge in [0.15, 0.2) is 0 Å². The second kappa shape index (κ2) is 5.57. The molecule has 2 N–H and O–H groups in total. The summed E-state index contributed by atoms with van der Waals surface area (Å²) in [5, 5.41) is 0. The fourth-order valence-electron chi connectivity index (χ4n) is 3.79. The second-order valence-electron chi connectivity index (χ2n) is 6.32. The van der Waals surface area contributed by atoms with Crippen LogP contribution in [0.5, 0.6) is 0 Å². The van der Waals surface area contributed by atoms with Crippen molar-refractivity contribution in [2.75, 3.05) is 6.54 Å². The van der Waals surface area contributed by atoms with E-state index in [1.54, 1.807) is 0 Å². The first kappa shape index (κ1) is 13.6. The average Bonchev–Trinajstić information content (AvgIpc) is 3.07. The van der Waals surface area contributed by atoms with Gasteiger partial charge in [-0.3, -0.25) is 4.79 Å². The zero-order valence-corrected chi connectivity index (χ0v) is 12.2. The summed E-state index contributed by atoms with van der Waals surface area (Å²) < 4.78 is 0. The van der Waals surface area contributed by atoms with Gasteiger partial charge >= 0.3 is 0 Å². The zero-order chi connectivity index (χ0) is 14.1. The molecule has 0 spiro atoms. The van der Waals surface area contributed by atoms with E-state index in [2.05, 4.69) is 36.1 Å². The van der Waals surface area contributed by atoms with Crippen molar-refractivity contribution in [3.63, 3.8) is 0 Å². The van der Waals surface area contributed by atoms with E-state index >= 15 is 0 Å². The molecule has 1 amide bonds. The van der Waals surface area contributed by atoms with Crippen molar-refractivity contribution in [3.8, 4) is 0 Å². The van der Waals surface area contributed by atoms with E-state index in [0.29, 0.717) is 5.91 Å². The normalized spacial score (nSPS) is 29.9. The summed E-state index contributed by atoms with van der Waals surface area (Å²) >= 11 is 0. The number of amides is 1. The molecule has 1 aromatic rings. The lowest BCUT2D eigenvalue weighted by Gasteiger charge is -2.28. The van der Waals surface area contributed by atoms with Gasteiger partial charge in [0.2, 0.25) is 5.91 Å². The van der Waals surface area contributed by atoms with Gasteiger partial charge < -0.3 is 10.6 Å². The van der Waals surface area contributed by atoms with Gasteiger partial charge in [0.25, 0.3) is 0 Å². The lowest BCUT2D eigenvalue weighted by atomic mass is 9.98. The summed E-state index contributed by atoms with van der Waals surface area (Å²) in [6.07, 6.45) is 5.05. The van der Waals surface area contributed by atoms with Crippen molar-refractivity contribution in [1.82, 2.24) is 4.90 Å². The topological polar surface area (TPSA) is 46.3 Å². The minimum atomic E-state index is 0.162. The fourth-order valence-corrected chi connectivity index (χ4v) is 3.79. The van der Waals surface area contributed by atoms with Crippen LogP contribution >= 0.6 is 0 Å². The number of aryl methyl sites for hydroxylation is 1. The third kappa shape index (κ3) is 2.47. The van der Waals surface area contributed by atoms with Gasteiger partial charge in [-0.2, -0.15) is 0 Å². The molecule has 1 saturated heterocycles. The molecule has 0 unspecified atom stereocenters. The van der Waals surface area contributed by atoms with Gasteiger partial charge in [0.05, 0.1) is 6.04 Å². The highest BCUT2D eigenvalue weighted by Crippen LogP contribution is 2.37. The average molecular weight is 272 g/mol. The van der Waals surface area contributed by atoms with Crippen LogP contribution in [0.2, 0.25) is 0 Å². The molecule has 0 bridgehead atoms. The van der Waals surface area contributed by atoms with E-state index in [4.69, 9.17) is 5.73 Å². The van der Waals surface area contributed by atoms with Crippen molar-refractivity contribution < 1.29 is 4.79 Å². The Kier molecular flexibility index (Phi) is 3.79. The Hall–Kier alpha value is -1.35. The maximum absolute atomic E-state index is 12.8. The smallest absolute Gasteiger partial charge is 0.226 e. The van der Waals surface area contributed by atoms with Gasteiger partial charge in [-0.05, 0) is 50.2 Å². The third-order valence-electron chi connectivity index (χ3n) is 4.91. The minimum Gasteiger partial charge on any atom is -0.335 e. The number of nitrogens with two attached hydrogens (primary N) is 1. The van der Waals surface area contributed by atoms with Crippen molar-refractivity contribution in [3.05, 3.63) is 35.4 Å². The molecule has 3 nitrogen and oxygen atoms in total. The Labute approximate surface area is 121 Å². The molecule has 1 saturated carbocycles. The number of hydrogen-bond donors (Lipinski definition) is 1. The molecular weight excluding hydrogens is 248 g/mol. The molecule has 2 aliphatic rings. The SMILES string of the molecule is Cc1ccccc1[C@@H]1CCCN1C(=O)[C@H]1CC[C@H](N)C1. The first-order valence-corrected chi connectivity index (χ1v) is 7.78. The Bertz CT molecular complexity index is 500. The molecule has 1 aliphatic carbocycles. The Morgan fingerprint density at radius 2 is 2.05 bits per heavy atom. The first-order valence-electron chi connectivity index (χ1n) is 7.78. The van der Waals surface area contributed by atoms with Crippen LogP contribution in [-0.2, 0) is 4.79 Å². The van der Waals surface area contributed by atoms with E-state index in [9.17, 15) is 4.79 Å². The molecule has 2 fully saturated rings. The number of carbonyl (C=O) groups excluding carboxylic acids is 1. The molecular formula is C17H24N2O. The van der Waals surface area contributed by atoms with Gasteiger partial charge in [-0.25, -0.2) is 0 Å². The monoisotopic (exact) mass is 272 g/mol. The van der Waals surface area contributed by atoms with Crippen molar-refractivity contribution in [2.45, 2.75) is 51.1 Å². The Morgan fingerprint density at radius 1 is 1.25 bits per heavy atom. The van der Waals surface area contributed by atoms with Crippen molar-refractivity contribution in [1.29, 1.82) is 0 Å². The van der Waals surface area contributed by atoms with Crippen LogP contribution < -0.4 is 5.73 Å².